The first-order valence-corrected chi connectivity index (χ1v) is 11.3. The SMILES string of the molecule is C=C(N[C@H](CC)c1ccccc1)/C(=N\S(N)(=O)=O)Nc1csc(C(=O)N(C)C)c1O. The molecule has 1 amide bonds. The summed E-state index contributed by atoms with van der Waals surface area (Å²) in [5.74, 6) is -0.893. The van der Waals surface area contributed by atoms with Crippen molar-refractivity contribution in [1.82, 2.24) is 10.2 Å². The summed E-state index contributed by atoms with van der Waals surface area (Å²) in [5, 5.41) is 22.8. The third kappa shape index (κ3) is 6.05. The molecule has 1 aromatic carbocycles. The number of amidine groups is 1. The van der Waals surface area contributed by atoms with Crippen LogP contribution < -0.4 is 15.8 Å². The molecular formula is C19H25N5O4S2. The van der Waals surface area contributed by atoms with E-state index in [1.54, 1.807) is 14.1 Å². The van der Waals surface area contributed by atoms with E-state index >= 15 is 0 Å². The van der Waals surface area contributed by atoms with Gasteiger partial charge in [-0.05, 0) is 12.0 Å². The summed E-state index contributed by atoms with van der Waals surface area (Å²) >= 11 is 1.01. The number of carbonyl (C=O) groups excluding carboxylic acids is 1. The second-order valence-electron chi connectivity index (χ2n) is 6.60. The fraction of sp³-hybridized carbons (Fsp3) is 0.263. The zero-order chi connectivity index (χ0) is 22.5. The number of hydrogen-bond acceptors (Lipinski definition) is 6. The van der Waals surface area contributed by atoms with Crippen LogP contribution in [-0.4, -0.2) is 44.3 Å². The first-order valence-electron chi connectivity index (χ1n) is 8.96. The van der Waals surface area contributed by atoms with Gasteiger partial charge < -0.3 is 20.6 Å². The summed E-state index contributed by atoms with van der Waals surface area (Å²) in [7, 11) is -1.14. The lowest BCUT2D eigenvalue weighted by atomic mass is 10.0. The molecule has 1 heterocycles. The minimum absolute atomic E-state index is 0.103. The Bertz CT molecular complexity index is 1050. The number of thiophene rings is 1. The Kier molecular flexibility index (Phi) is 7.59. The van der Waals surface area contributed by atoms with E-state index in [1.165, 1.54) is 10.3 Å². The fourth-order valence-electron chi connectivity index (χ4n) is 2.59. The molecule has 30 heavy (non-hydrogen) atoms. The van der Waals surface area contributed by atoms with Crippen LogP contribution in [-0.2, 0) is 10.2 Å². The van der Waals surface area contributed by atoms with Gasteiger partial charge in [-0.2, -0.15) is 8.42 Å². The predicted octanol–water partition coefficient (Wildman–Crippen LogP) is 2.42. The molecule has 0 radical (unpaired) electrons. The van der Waals surface area contributed by atoms with Gasteiger partial charge >= 0.3 is 10.2 Å². The molecule has 0 spiro atoms. The summed E-state index contributed by atoms with van der Waals surface area (Å²) in [6.07, 6.45) is 0.691. The minimum Gasteiger partial charge on any atom is -0.504 e. The third-order valence-corrected chi connectivity index (χ3v) is 5.48. The van der Waals surface area contributed by atoms with E-state index in [0.29, 0.717) is 6.42 Å². The number of carbonyl (C=O) groups is 1. The Morgan fingerprint density at radius 2 is 1.97 bits per heavy atom. The van der Waals surface area contributed by atoms with Crippen LogP contribution in [0.2, 0.25) is 0 Å². The molecule has 0 aliphatic rings. The summed E-state index contributed by atoms with van der Waals surface area (Å²) in [4.78, 5) is 13.6. The molecule has 0 fully saturated rings. The molecule has 1 atom stereocenters. The van der Waals surface area contributed by atoms with E-state index in [4.69, 9.17) is 5.14 Å². The normalized spacial score (nSPS) is 12.9. The molecule has 0 aliphatic heterocycles. The van der Waals surface area contributed by atoms with Crippen molar-refractivity contribution < 1.29 is 18.3 Å². The molecule has 9 nitrogen and oxygen atoms in total. The maximum Gasteiger partial charge on any atom is 0.319 e. The van der Waals surface area contributed by atoms with Gasteiger partial charge in [-0.25, -0.2) is 5.14 Å². The number of benzene rings is 1. The van der Waals surface area contributed by atoms with Crippen LogP contribution in [0.1, 0.15) is 34.6 Å². The van der Waals surface area contributed by atoms with Crippen molar-refractivity contribution in [3.8, 4) is 5.75 Å². The summed E-state index contributed by atoms with van der Waals surface area (Å²) < 4.78 is 26.7. The number of nitrogens with two attached hydrogens (primary N) is 1. The Morgan fingerprint density at radius 3 is 2.50 bits per heavy atom. The molecule has 11 heteroatoms. The number of nitrogens with one attached hydrogen (secondary N) is 2. The van der Waals surface area contributed by atoms with Gasteiger partial charge in [-0.1, -0.05) is 43.8 Å². The van der Waals surface area contributed by atoms with Crippen molar-refractivity contribution in [2.75, 3.05) is 19.4 Å². The number of anilines is 1. The smallest absolute Gasteiger partial charge is 0.319 e. The first-order chi connectivity index (χ1) is 14.0. The highest BCUT2D eigenvalue weighted by Crippen LogP contribution is 2.35. The van der Waals surface area contributed by atoms with Gasteiger partial charge in [0.1, 0.15) is 4.88 Å². The zero-order valence-electron chi connectivity index (χ0n) is 16.9. The standard InChI is InChI=1S/C19H25N5O4S2/c1-5-14(13-9-7-6-8-10-13)21-12(2)18(23-30(20,27)28)22-15-11-29-17(16(15)25)19(26)24(3)4/h6-11,14,21,25H,2,5H2,1,3-4H3,(H,22,23)(H2,20,27,28)/t14-/m1/s1. The number of rotatable bonds is 8. The van der Waals surface area contributed by atoms with Gasteiger partial charge in [0.15, 0.2) is 11.6 Å². The molecule has 0 aliphatic carbocycles. The molecular weight excluding hydrogens is 426 g/mol. The lowest BCUT2D eigenvalue weighted by Gasteiger charge is -2.21. The first kappa shape index (κ1) is 23.4. The maximum atomic E-state index is 12.1. The number of aromatic hydroxyl groups is 1. The van der Waals surface area contributed by atoms with Crippen molar-refractivity contribution in [2.45, 2.75) is 19.4 Å². The molecule has 2 rings (SSSR count). The van der Waals surface area contributed by atoms with Crippen LogP contribution in [0.25, 0.3) is 0 Å². The number of amides is 1. The van der Waals surface area contributed by atoms with E-state index in [9.17, 15) is 18.3 Å². The monoisotopic (exact) mass is 451 g/mol. The average Bonchev–Trinajstić information content (AvgIpc) is 3.04. The van der Waals surface area contributed by atoms with Gasteiger partial charge in [0, 0.05) is 19.5 Å². The third-order valence-electron chi connectivity index (χ3n) is 4.08. The second-order valence-corrected chi connectivity index (χ2v) is 8.69. The predicted molar refractivity (Wildman–Crippen MR) is 120 cm³/mol. The van der Waals surface area contributed by atoms with Crippen molar-refractivity contribution in [3.05, 3.63) is 58.4 Å². The molecule has 5 N–H and O–H groups in total. The van der Waals surface area contributed by atoms with E-state index in [0.717, 1.165) is 16.9 Å². The van der Waals surface area contributed by atoms with Gasteiger partial charge in [0.05, 0.1) is 17.4 Å². The van der Waals surface area contributed by atoms with Gasteiger partial charge in [-0.3, -0.25) is 4.79 Å². The minimum atomic E-state index is -4.26. The van der Waals surface area contributed by atoms with E-state index in [1.807, 2.05) is 37.3 Å². The van der Waals surface area contributed by atoms with Crippen LogP contribution in [0.3, 0.4) is 0 Å². The molecule has 0 saturated heterocycles. The highest BCUT2D eigenvalue weighted by Gasteiger charge is 2.22. The molecule has 0 saturated carbocycles. The van der Waals surface area contributed by atoms with Crippen molar-refractivity contribution in [1.29, 1.82) is 0 Å². The van der Waals surface area contributed by atoms with Crippen LogP contribution in [0.15, 0.2) is 52.4 Å². The van der Waals surface area contributed by atoms with Crippen molar-refractivity contribution in [3.63, 3.8) is 0 Å². The molecule has 0 bridgehead atoms. The van der Waals surface area contributed by atoms with Crippen LogP contribution in [0.5, 0.6) is 5.75 Å². The van der Waals surface area contributed by atoms with E-state index < -0.39 is 10.2 Å². The quantitative estimate of drug-likeness (QED) is 0.359. The highest BCUT2D eigenvalue weighted by molar-refractivity contribution is 7.88. The lowest BCUT2D eigenvalue weighted by Crippen LogP contribution is -2.30. The number of nitrogens with zero attached hydrogens (tertiary/aromatic N) is 2. The van der Waals surface area contributed by atoms with E-state index in [-0.39, 0.29) is 39.8 Å². The lowest BCUT2D eigenvalue weighted by molar-refractivity contribution is 0.0829. The fourth-order valence-corrected chi connectivity index (χ4v) is 3.91. The topological polar surface area (TPSA) is 137 Å². The van der Waals surface area contributed by atoms with Crippen molar-refractivity contribution >= 4 is 39.0 Å². The largest absolute Gasteiger partial charge is 0.504 e. The van der Waals surface area contributed by atoms with Crippen LogP contribution in [0, 0.1) is 0 Å². The maximum absolute atomic E-state index is 12.1. The Labute approximate surface area is 180 Å². The Balaban J connectivity index is 2.33. The van der Waals surface area contributed by atoms with Gasteiger partial charge in [0.2, 0.25) is 0 Å². The Morgan fingerprint density at radius 1 is 1.33 bits per heavy atom. The average molecular weight is 452 g/mol. The van der Waals surface area contributed by atoms with Gasteiger partial charge in [-0.15, -0.1) is 15.7 Å². The summed E-state index contributed by atoms with van der Waals surface area (Å²) in [5.41, 5.74) is 1.25. The molecule has 2 aromatic rings. The molecule has 0 unspecified atom stereocenters. The number of hydrogen-bond donors (Lipinski definition) is 4. The van der Waals surface area contributed by atoms with E-state index in [2.05, 4.69) is 21.6 Å². The second kappa shape index (κ2) is 9.74. The summed E-state index contributed by atoms with van der Waals surface area (Å²) in [6, 6.07) is 9.39. The van der Waals surface area contributed by atoms with Crippen LogP contribution >= 0.6 is 11.3 Å². The highest BCUT2D eigenvalue weighted by atomic mass is 32.2. The Hall–Kier alpha value is -2.89. The summed E-state index contributed by atoms with van der Waals surface area (Å²) in [6.45, 7) is 5.83. The molecule has 162 valence electrons. The van der Waals surface area contributed by atoms with Crippen molar-refractivity contribution in [2.24, 2.45) is 9.54 Å². The van der Waals surface area contributed by atoms with Gasteiger partial charge in [0.25, 0.3) is 5.91 Å². The molecule has 1 aromatic heterocycles. The zero-order valence-corrected chi connectivity index (χ0v) is 18.5. The van der Waals surface area contributed by atoms with Crippen LogP contribution in [0.4, 0.5) is 5.69 Å².